The first kappa shape index (κ1) is 17.7. The van der Waals surface area contributed by atoms with E-state index >= 15 is 0 Å². The van der Waals surface area contributed by atoms with Crippen molar-refractivity contribution in [3.05, 3.63) is 76.9 Å². The number of rotatable bonds is 4. The Hall–Kier alpha value is -3.72. The fourth-order valence-electron chi connectivity index (χ4n) is 3.44. The van der Waals surface area contributed by atoms with Crippen LogP contribution < -0.4 is 0 Å². The van der Waals surface area contributed by atoms with Crippen LogP contribution in [0, 0.1) is 32.1 Å². The number of nitriles is 1. The normalized spacial score (nSPS) is 10.8. The molecule has 0 saturated carbocycles. The van der Waals surface area contributed by atoms with Crippen molar-refractivity contribution in [1.82, 2.24) is 20.0 Å². The number of aryl methyl sites for hydroxylation is 2. The Kier molecular flexibility index (Phi) is 4.50. The number of hydrogen-bond acceptors (Lipinski definition) is 5. The van der Waals surface area contributed by atoms with E-state index in [1.54, 1.807) is 0 Å². The van der Waals surface area contributed by atoms with Gasteiger partial charge >= 0.3 is 0 Å². The van der Waals surface area contributed by atoms with E-state index in [9.17, 15) is 0 Å². The third-order valence-corrected chi connectivity index (χ3v) is 4.91. The second-order valence-corrected chi connectivity index (χ2v) is 6.79. The molecule has 0 spiro atoms. The molecule has 0 fully saturated rings. The van der Waals surface area contributed by atoms with E-state index in [0.29, 0.717) is 18.0 Å². The van der Waals surface area contributed by atoms with E-state index < -0.39 is 0 Å². The second-order valence-electron chi connectivity index (χ2n) is 6.79. The van der Waals surface area contributed by atoms with Crippen LogP contribution in [0.3, 0.4) is 0 Å². The maximum atomic E-state index is 9.16. The summed E-state index contributed by atoms with van der Waals surface area (Å²) in [5.41, 5.74) is 7.99. The van der Waals surface area contributed by atoms with Crippen molar-refractivity contribution >= 4 is 0 Å². The maximum Gasteiger partial charge on any atom is 0.247 e. The van der Waals surface area contributed by atoms with Crippen LogP contribution in [0.25, 0.3) is 22.6 Å². The fraction of sp³-hybridized carbons (Fsp3) is 0.182. The quantitative estimate of drug-likeness (QED) is 0.531. The van der Waals surface area contributed by atoms with Gasteiger partial charge in [-0.15, -0.1) is 10.2 Å². The summed E-state index contributed by atoms with van der Waals surface area (Å²) < 4.78 is 7.24. The predicted molar refractivity (Wildman–Crippen MR) is 105 cm³/mol. The molecule has 0 aliphatic carbocycles. The third kappa shape index (κ3) is 3.19. The van der Waals surface area contributed by atoms with Gasteiger partial charge in [0.05, 0.1) is 23.9 Å². The molecular weight excluding hydrogens is 350 g/mol. The number of aromatic nitrogens is 4. The first-order valence-corrected chi connectivity index (χ1v) is 8.97. The lowest BCUT2D eigenvalue weighted by Crippen LogP contribution is -2.04. The first-order chi connectivity index (χ1) is 13.6. The molecule has 4 aromatic rings. The SMILES string of the molecule is Cc1cc(-c2c(C)nn(Cc3ccc(-c4nnco4)cc3)c2C)ccc1C#N. The molecule has 0 bridgehead atoms. The highest BCUT2D eigenvalue weighted by atomic mass is 16.4. The number of hydrogen-bond donors (Lipinski definition) is 0. The van der Waals surface area contributed by atoms with Crippen molar-refractivity contribution in [3.8, 4) is 28.7 Å². The van der Waals surface area contributed by atoms with Crippen molar-refractivity contribution in [3.63, 3.8) is 0 Å². The molecule has 4 rings (SSSR count). The zero-order chi connectivity index (χ0) is 19.7. The van der Waals surface area contributed by atoms with Gasteiger partial charge in [0.2, 0.25) is 12.3 Å². The maximum absolute atomic E-state index is 9.16. The van der Waals surface area contributed by atoms with Gasteiger partial charge in [0.1, 0.15) is 0 Å². The van der Waals surface area contributed by atoms with E-state index in [-0.39, 0.29) is 0 Å². The Labute approximate surface area is 163 Å². The van der Waals surface area contributed by atoms with Gasteiger partial charge in [-0.3, -0.25) is 4.68 Å². The predicted octanol–water partition coefficient (Wildman–Crippen LogP) is 4.45. The molecule has 0 N–H and O–H groups in total. The lowest BCUT2D eigenvalue weighted by atomic mass is 9.99. The summed E-state index contributed by atoms with van der Waals surface area (Å²) in [7, 11) is 0. The summed E-state index contributed by atoms with van der Waals surface area (Å²) in [6.07, 6.45) is 1.32. The summed E-state index contributed by atoms with van der Waals surface area (Å²) in [4.78, 5) is 0. The first-order valence-electron chi connectivity index (χ1n) is 8.97. The molecule has 0 radical (unpaired) electrons. The van der Waals surface area contributed by atoms with Crippen molar-refractivity contribution < 1.29 is 4.42 Å². The van der Waals surface area contributed by atoms with Gasteiger partial charge in [0, 0.05) is 16.8 Å². The molecule has 0 unspecified atom stereocenters. The standard InChI is InChI=1S/C22H19N5O/c1-14-10-19(8-9-20(14)11-23)21-15(2)26-27(16(21)3)12-17-4-6-18(7-5-17)22-25-24-13-28-22/h4-10,13H,12H2,1-3H3. The topological polar surface area (TPSA) is 80.5 Å². The highest BCUT2D eigenvalue weighted by Crippen LogP contribution is 2.29. The van der Waals surface area contributed by atoms with E-state index in [0.717, 1.165) is 39.2 Å². The molecule has 0 saturated heterocycles. The van der Waals surface area contributed by atoms with Crippen molar-refractivity contribution in [2.75, 3.05) is 0 Å². The molecule has 0 atom stereocenters. The highest BCUT2D eigenvalue weighted by molar-refractivity contribution is 5.70. The average molecular weight is 369 g/mol. The van der Waals surface area contributed by atoms with Crippen LogP contribution in [0.5, 0.6) is 0 Å². The molecular formula is C22H19N5O. The summed E-state index contributed by atoms with van der Waals surface area (Å²) in [5.74, 6) is 0.510. The van der Waals surface area contributed by atoms with Crippen LogP contribution in [0.15, 0.2) is 53.3 Å². The van der Waals surface area contributed by atoms with Crippen LogP contribution in [-0.2, 0) is 6.54 Å². The Morgan fingerprint density at radius 1 is 1.04 bits per heavy atom. The molecule has 0 amide bonds. The van der Waals surface area contributed by atoms with Gasteiger partial charge in [-0.1, -0.05) is 18.2 Å². The fourth-order valence-corrected chi connectivity index (χ4v) is 3.44. The number of nitrogens with zero attached hydrogens (tertiary/aromatic N) is 5. The van der Waals surface area contributed by atoms with Crippen molar-refractivity contribution in [2.45, 2.75) is 27.3 Å². The third-order valence-electron chi connectivity index (χ3n) is 4.91. The minimum atomic E-state index is 0.510. The van der Waals surface area contributed by atoms with Crippen LogP contribution in [0.1, 0.15) is 28.1 Å². The molecule has 0 aliphatic heterocycles. The largest absolute Gasteiger partial charge is 0.423 e. The molecule has 2 aromatic carbocycles. The van der Waals surface area contributed by atoms with Crippen LogP contribution >= 0.6 is 0 Å². The Morgan fingerprint density at radius 3 is 2.43 bits per heavy atom. The van der Waals surface area contributed by atoms with Crippen LogP contribution in [0.4, 0.5) is 0 Å². The summed E-state index contributed by atoms with van der Waals surface area (Å²) in [6.45, 7) is 6.73. The van der Waals surface area contributed by atoms with Crippen molar-refractivity contribution in [2.24, 2.45) is 0 Å². The Balaban J connectivity index is 1.63. The Bertz CT molecular complexity index is 1170. The van der Waals surface area contributed by atoms with Gasteiger partial charge in [-0.05, 0) is 61.7 Å². The monoisotopic (exact) mass is 369 g/mol. The van der Waals surface area contributed by atoms with Crippen LogP contribution in [-0.4, -0.2) is 20.0 Å². The molecule has 0 aliphatic rings. The van der Waals surface area contributed by atoms with E-state index in [2.05, 4.69) is 29.3 Å². The lowest BCUT2D eigenvalue weighted by Gasteiger charge is -2.08. The van der Waals surface area contributed by atoms with E-state index in [1.165, 1.54) is 6.39 Å². The van der Waals surface area contributed by atoms with Gasteiger partial charge in [0.25, 0.3) is 0 Å². The van der Waals surface area contributed by atoms with Gasteiger partial charge < -0.3 is 4.42 Å². The lowest BCUT2D eigenvalue weighted by molar-refractivity contribution is 0.568. The average Bonchev–Trinajstić information content (AvgIpc) is 3.31. The summed E-state index contributed by atoms with van der Waals surface area (Å²) in [6, 6.07) is 16.2. The molecule has 2 aromatic heterocycles. The summed E-state index contributed by atoms with van der Waals surface area (Å²) >= 11 is 0. The van der Waals surface area contributed by atoms with Gasteiger partial charge in [-0.25, -0.2) is 0 Å². The second kappa shape index (κ2) is 7.12. The molecule has 138 valence electrons. The van der Waals surface area contributed by atoms with Gasteiger partial charge in [-0.2, -0.15) is 10.4 Å². The molecule has 2 heterocycles. The van der Waals surface area contributed by atoms with E-state index in [1.807, 2.05) is 54.9 Å². The summed E-state index contributed by atoms with van der Waals surface area (Å²) in [5, 5.41) is 21.5. The highest BCUT2D eigenvalue weighted by Gasteiger charge is 2.15. The van der Waals surface area contributed by atoms with Crippen molar-refractivity contribution in [1.29, 1.82) is 5.26 Å². The smallest absolute Gasteiger partial charge is 0.247 e. The minimum Gasteiger partial charge on any atom is -0.423 e. The van der Waals surface area contributed by atoms with Crippen LogP contribution in [0.2, 0.25) is 0 Å². The minimum absolute atomic E-state index is 0.510. The Morgan fingerprint density at radius 2 is 1.79 bits per heavy atom. The van der Waals surface area contributed by atoms with Gasteiger partial charge in [0.15, 0.2) is 0 Å². The molecule has 28 heavy (non-hydrogen) atoms. The zero-order valence-electron chi connectivity index (χ0n) is 16.0. The van der Waals surface area contributed by atoms with E-state index in [4.69, 9.17) is 14.8 Å². The molecule has 6 heteroatoms. The molecule has 6 nitrogen and oxygen atoms in total. The number of benzene rings is 2. The zero-order valence-corrected chi connectivity index (χ0v) is 16.0.